The number of aromatic nitrogens is 4. The van der Waals surface area contributed by atoms with E-state index in [1.807, 2.05) is 0 Å². The Kier molecular flexibility index (Phi) is 6.11. The molecule has 3 aromatic rings. The van der Waals surface area contributed by atoms with Crippen LogP contribution in [-0.4, -0.2) is 69.1 Å². The number of nitrogens with zero attached hydrogens (tertiary/aromatic N) is 6. The Hall–Kier alpha value is -3.41. The van der Waals surface area contributed by atoms with E-state index in [2.05, 4.69) is 15.2 Å². The van der Waals surface area contributed by atoms with Crippen molar-refractivity contribution in [3.8, 4) is 0 Å². The predicted octanol–water partition coefficient (Wildman–Crippen LogP) is 2.61. The summed E-state index contributed by atoms with van der Waals surface area (Å²) in [6, 6.07) is 3.99. The molecule has 0 aliphatic carbocycles. The molecule has 4 heterocycles. The fraction of sp³-hybridized carbons (Fsp3) is 0.350. The standard InChI is InChI=1S/C20H18ClF3N6O3/c1-12-26-27-16-3-2-13(10-30(12)16)19(32)33-11-17(31)28-4-6-29(7-5-28)18-15(21)8-14(9-25-18)20(22,23)24/h2-3,8-10H,4-7,11H2,1H3. The quantitative estimate of drug-likeness (QED) is 0.528. The van der Waals surface area contributed by atoms with Crippen molar-refractivity contribution >= 4 is 34.9 Å². The van der Waals surface area contributed by atoms with Gasteiger partial charge in [0.15, 0.2) is 12.3 Å². The van der Waals surface area contributed by atoms with Gasteiger partial charge in [0.2, 0.25) is 0 Å². The van der Waals surface area contributed by atoms with Gasteiger partial charge < -0.3 is 14.5 Å². The number of hydrogen-bond acceptors (Lipinski definition) is 7. The summed E-state index contributed by atoms with van der Waals surface area (Å²) in [6.07, 6.45) is -2.26. The summed E-state index contributed by atoms with van der Waals surface area (Å²) < 4.78 is 45.2. The summed E-state index contributed by atoms with van der Waals surface area (Å²) in [7, 11) is 0. The Labute approximate surface area is 190 Å². The van der Waals surface area contributed by atoms with Crippen LogP contribution in [0.5, 0.6) is 0 Å². The lowest BCUT2D eigenvalue weighted by atomic mass is 10.2. The van der Waals surface area contributed by atoms with Gasteiger partial charge in [-0.3, -0.25) is 9.20 Å². The zero-order valence-electron chi connectivity index (χ0n) is 17.3. The van der Waals surface area contributed by atoms with Crippen molar-refractivity contribution in [2.24, 2.45) is 0 Å². The number of piperazine rings is 1. The van der Waals surface area contributed by atoms with Crippen molar-refractivity contribution in [2.75, 3.05) is 37.7 Å². The molecule has 0 saturated carbocycles. The number of aryl methyl sites for hydroxylation is 1. The third-order valence-electron chi connectivity index (χ3n) is 5.22. The van der Waals surface area contributed by atoms with E-state index >= 15 is 0 Å². The number of anilines is 1. The topological polar surface area (TPSA) is 92.9 Å². The van der Waals surface area contributed by atoms with Crippen LogP contribution in [0.3, 0.4) is 0 Å². The third kappa shape index (κ3) is 4.85. The van der Waals surface area contributed by atoms with E-state index in [1.165, 1.54) is 17.2 Å². The molecule has 13 heteroatoms. The largest absolute Gasteiger partial charge is 0.452 e. The highest BCUT2D eigenvalue weighted by Gasteiger charge is 2.32. The van der Waals surface area contributed by atoms with E-state index in [1.54, 1.807) is 22.3 Å². The highest BCUT2D eigenvalue weighted by molar-refractivity contribution is 6.33. The average molecular weight is 483 g/mol. The van der Waals surface area contributed by atoms with Crippen LogP contribution in [0.4, 0.5) is 19.0 Å². The number of halogens is 4. The summed E-state index contributed by atoms with van der Waals surface area (Å²) in [6.45, 7) is 2.51. The Morgan fingerprint density at radius 3 is 2.55 bits per heavy atom. The number of esters is 1. The van der Waals surface area contributed by atoms with E-state index in [0.29, 0.717) is 24.6 Å². The maximum absolute atomic E-state index is 12.8. The van der Waals surface area contributed by atoms with E-state index in [4.69, 9.17) is 16.3 Å². The molecule has 4 rings (SSSR count). The first-order valence-corrected chi connectivity index (χ1v) is 10.3. The molecule has 1 amide bonds. The van der Waals surface area contributed by atoms with Crippen LogP contribution in [-0.2, 0) is 15.7 Å². The molecule has 0 aromatic carbocycles. The van der Waals surface area contributed by atoms with E-state index in [9.17, 15) is 22.8 Å². The van der Waals surface area contributed by atoms with Gasteiger partial charge in [0.25, 0.3) is 5.91 Å². The van der Waals surface area contributed by atoms with Crippen LogP contribution >= 0.6 is 11.6 Å². The first kappa shape index (κ1) is 22.8. The molecule has 3 aromatic heterocycles. The van der Waals surface area contributed by atoms with E-state index < -0.39 is 24.3 Å². The lowest BCUT2D eigenvalue weighted by Crippen LogP contribution is -2.50. The molecule has 9 nitrogen and oxygen atoms in total. The smallest absolute Gasteiger partial charge is 0.417 e. The van der Waals surface area contributed by atoms with Crippen molar-refractivity contribution in [2.45, 2.75) is 13.1 Å². The van der Waals surface area contributed by atoms with Crippen molar-refractivity contribution in [1.29, 1.82) is 0 Å². The molecule has 1 saturated heterocycles. The van der Waals surface area contributed by atoms with Crippen molar-refractivity contribution < 1.29 is 27.5 Å². The Morgan fingerprint density at radius 1 is 1.15 bits per heavy atom. The third-order valence-corrected chi connectivity index (χ3v) is 5.49. The SMILES string of the molecule is Cc1nnc2ccc(C(=O)OCC(=O)N3CCN(c4ncc(C(F)(F)F)cc4Cl)CC3)cn12. The van der Waals surface area contributed by atoms with Crippen molar-refractivity contribution in [3.63, 3.8) is 0 Å². The van der Waals surface area contributed by atoms with Crippen molar-refractivity contribution in [3.05, 3.63) is 52.6 Å². The van der Waals surface area contributed by atoms with Crippen LogP contribution in [0, 0.1) is 6.92 Å². The Bertz CT molecular complexity index is 1210. The van der Waals surface area contributed by atoms with Gasteiger partial charge in [0.1, 0.15) is 11.6 Å². The van der Waals surface area contributed by atoms with Gasteiger partial charge in [-0.2, -0.15) is 13.2 Å². The number of carbonyl (C=O) groups is 2. The van der Waals surface area contributed by atoms with Gasteiger partial charge in [-0.05, 0) is 25.1 Å². The minimum Gasteiger partial charge on any atom is -0.452 e. The Morgan fingerprint density at radius 2 is 1.88 bits per heavy atom. The number of fused-ring (bicyclic) bond motifs is 1. The van der Waals surface area contributed by atoms with Gasteiger partial charge >= 0.3 is 12.1 Å². The maximum Gasteiger partial charge on any atom is 0.417 e. The maximum atomic E-state index is 12.8. The fourth-order valence-corrected chi connectivity index (χ4v) is 3.70. The number of amides is 1. The predicted molar refractivity (Wildman–Crippen MR) is 111 cm³/mol. The minimum absolute atomic E-state index is 0.112. The van der Waals surface area contributed by atoms with Gasteiger partial charge in [0, 0.05) is 38.6 Å². The molecule has 33 heavy (non-hydrogen) atoms. The zero-order chi connectivity index (χ0) is 23.8. The number of carbonyl (C=O) groups excluding carboxylic acids is 2. The summed E-state index contributed by atoms with van der Waals surface area (Å²) in [4.78, 5) is 31.8. The summed E-state index contributed by atoms with van der Waals surface area (Å²) in [5.74, 6) is -0.201. The van der Waals surface area contributed by atoms with E-state index in [-0.39, 0.29) is 35.4 Å². The van der Waals surface area contributed by atoms with Crippen LogP contribution in [0.25, 0.3) is 5.65 Å². The second kappa shape index (κ2) is 8.85. The van der Waals surface area contributed by atoms with Crippen LogP contribution in [0.2, 0.25) is 5.02 Å². The highest BCUT2D eigenvalue weighted by Crippen LogP contribution is 2.33. The number of rotatable bonds is 4. The first-order valence-electron chi connectivity index (χ1n) is 9.87. The summed E-state index contributed by atoms with van der Waals surface area (Å²) >= 11 is 6.00. The molecule has 1 aliphatic rings. The number of ether oxygens (including phenoxy) is 1. The normalized spacial score (nSPS) is 14.6. The molecule has 0 N–H and O–H groups in total. The molecule has 1 aliphatic heterocycles. The molecular weight excluding hydrogens is 465 g/mol. The lowest BCUT2D eigenvalue weighted by Gasteiger charge is -2.35. The van der Waals surface area contributed by atoms with Gasteiger partial charge in [-0.15, -0.1) is 10.2 Å². The molecule has 1 fully saturated rings. The monoisotopic (exact) mass is 482 g/mol. The van der Waals surface area contributed by atoms with Gasteiger partial charge in [-0.1, -0.05) is 11.6 Å². The lowest BCUT2D eigenvalue weighted by molar-refractivity contribution is -0.138. The number of hydrogen-bond donors (Lipinski definition) is 0. The summed E-state index contributed by atoms with van der Waals surface area (Å²) in [5.41, 5.74) is -0.0860. The second-order valence-corrected chi connectivity index (χ2v) is 7.77. The highest BCUT2D eigenvalue weighted by atomic mass is 35.5. The molecule has 0 atom stereocenters. The van der Waals surface area contributed by atoms with Gasteiger partial charge in [0.05, 0.1) is 16.1 Å². The molecule has 0 bridgehead atoms. The zero-order valence-corrected chi connectivity index (χ0v) is 18.1. The second-order valence-electron chi connectivity index (χ2n) is 7.36. The Balaban J connectivity index is 1.31. The van der Waals surface area contributed by atoms with E-state index in [0.717, 1.165) is 12.3 Å². The minimum atomic E-state index is -4.53. The van der Waals surface area contributed by atoms with Gasteiger partial charge in [-0.25, -0.2) is 9.78 Å². The first-order chi connectivity index (χ1) is 15.6. The van der Waals surface area contributed by atoms with Crippen LogP contribution < -0.4 is 4.90 Å². The summed E-state index contributed by atoms with van der Waals surface area (Å²) in [5, 5.41) is 7.74. The molecular formula is C20H18ClF3N6O3. The average Bonchev–Trinajstić information content (AvgIpc) is 3.17. The van der Waals surface area contributed by atoms with Crippen molar-refractivity contribution in [1.82, 2.24) is 24.5 Å². The number of pyridine rings is 2. The van der Waals surface area contributed by atoms with Crippen LogP contribution in [0.1, 0.15) is 21.7 Å². The molecule has 0 spiro atoms. The van der Waals surface area contributed by atoms with Crippen LogP contribution in [0.15, 0.2) is 30.6 Å². The molecule has 174 valence electrons. The molecule has 0 radical (unpaired) electrons. The fourth-order valence-electron chi connectivity index (χ4n) is 3.41. The number of alkyl halides is 3. The molecule has 0 unspecified atom stereocenters.